The Balaban J connectivity index is 0.950. The number of nitrogens with one attached hydrogen (secondary N) is 3. The maximum absolute atomic E-state index is 11.5. The number of rotatable bonds is 15. The van der Waals surface area contributed by atoms with Crippen LogP contribution in [0.5, 0.6) is 11.5 Å². The summed E-state index contributed by atoms with van der Waals surface area (Å²) in [5.41, 5.74) is 4.42. The summed E-state index contributed by atoms with van der Waals surface area (Å²) in [6.07, 6.45) is 0.906. The first kappa shape index (κ1) is 38.4. The lowest BCUT2D eigenvalue weighted by Crippen LogP contribution is -2.57. The van der Waals surface area contributed by atoms with Crippen molar-refractivity contribution in [2.45, 2.75) is 82.5 Å². The minimum atomic E-state index is -3.48. The molecule has 1 fully saturated rings. The van der Waals surface area contributed by atoms with Gasteiger partial charge in [0.25, 0.3) is 0 Å². The first-order valence-corrected chi connectivity index (χ1v) is 19.6. The summed E-state index contributed by atoms with van der Waals surface area (Å²) < 4.78 is 37.1. The van der Waals surface area contributed by atoms with E-state index in [9.17, 15) is 28.8 Å². The third kappa shape index (κ3) is 9.24. The van der Waals surface area contributed by atoms with E-state index in [-0.39, 0.29) is 18.0 Å². The predicted molar refractivity (Wildman–Crippen MR) is 199 cm³/mol. The molecule has 1 aromatic heterocycles. The van der Waals surface area contributed by atoms with E-state index in [1.54, 1.807) is 12.1 Å². The summed E-state index contributed by atoms with van der Waals surface area (Å²) in [6, 6.07) is 22.6. The Bertz CT molecular complexity index is 1950. The molecule has 2 aliphatic heterocycles. The Kier molecular flexibility index (Phi) is 11.8. The van der Waals surface area contributed by atoms with Crippen molar-refractivity contribution < 1.29 is 38.3 Å². The molecule has 5 atom stereocenters. The van der Waals surface area contributed by atoms with E-state index in [4.69, 9.17) is 9.47 Å². The molecule has 0 radical (unpaired) electrons. The Morgan fingerprint density at radius 3 is 2.23 bits per heavy atom. The van der Waals surface area contributed by atoms with E-state index in [0.29, 0.717) is 48.6 Å². The number of sulfonamides is 1. The zero-order valence-electron chi connectivity index (χ0n) is 30.0. The molecule has 15 heteroatoms. The molecule has 3 heterocycles. The number of benzene rings is 3. The third-order valence-electron chi connectivity index (χ3n) is 9.77. The van der Waals surface area contributed by atoms with E-state index in [0.717, 1.165) is 41.7 Å². The van der Waals surface area contributed by atoms with E-state index in [2.05, 4.69) is 51.3 Å². The molecule has 14 nitrogen and oxygen atoms in total. The molecule has 1 saturated heterocycles. The maximum Gasteiger partial charge on any atom is 0.236 e. The third-order valence-corrected chi connectivity index (χ3v) is 10.3. The number of aliphatic hydroxyl groups excluding tert-OH is 4. The molecule has 4 aromatic rings. The van der Waals surface area contributed by atoms with Crippen LogP contribution in [0.25, 0.3) is 0 Å². The number of piperidine rings is 1. The van der Waals surface area contributed by atoms with Crippen LogP contribution in [0.4, 0.5) is 11.6 Å². The van der Waals surface area contributed by atoms with Gasteiger partial charge in [0.05, 0.1) is 24.6 Å². The highest BCUT2D eigenvalue weighted by Crippen LogP contribution is 2.45. The molecule has 284 valence electrons. The summed E-state index contributed by atoms with van der Waals surface area (Å²) in [4.78, 5) is 9.60. The molecule has 0 aliphatic carbocycles. The van der Waals surface area contributed by atoms with Crippen LogP contribution in [0.15, 0.2) is 79.0 Å². The number of nitrogens with zero attached hydrogens (tertiary/aromatic N) is 3. The van der Waals surface area contributed by atoms with Crippen molar-refractivity contribution in [1.29, 1.82) is 0 Å². The van der Waals surface area contributed by atoms with Gasteiger partial charge in [0.2, 0.25) is 16.0 Å². The van der Waals surface area contributed by atoms with Crippen molar-refractivity contribution >= 4 is 21.7 Å². The lowest BCUT2D eigenvalue weighted by molar-refractivity contribution is -0.158. The minimum Gasteiger partial charge on any atom is -0.494 e. The number of aliphatic hydroxyl groups is 4. The molecule has 3 aromatic carbocycles. The molecule has 2 aliphatic rings. The lowest BCUT2D eigenvalue weighted by Gasteiger charge is -2.40. The second kappa shape index (κ2) is 16.3. The van der Waals surface area contributed by atoms with Crippen molar-refractivity contribution in [1.82, 2.24) is 20.2 Å². The summed E-state index contributed by atoms with van der Waals surface area (Å²) in [5.74, 6) is 1.44. The van der Waals surface area contributed by atoms with Crippen molar-refractivity contribution in [3.8, 4) is 11.5 Å². The summed E-state index contributed by atoms with van der Waals surface area (Å²) in [6.45, 7) is 5.65. The molecular weight excluding hydrogens is 701 g/mol. The highest BCUT2D eigenvalue weighted by molar-refractivity contribution is 7.91. The Morgan fingerprint density at radius 1 is 0.887 bits per heavy atom. The fraction of sp³-hybridized carbons (Fsp3) is 0.421. The zero-order chi connectivity index (χ0) is 37.8. The van der Waals surface area contributed by atoms with Crippen LogP contribution in [-0.4, -0.2) is 81.6 Å². The smallest absolute Gasteiger partial charge is 0.236 e. The van der Waals surface area contributed by atoms with E-state index >= 15 is 0 Å². The number of hydrogen-bond donors (Lipinski definition) is 7. The first-order chi connectivity index (χ1) is 25.3. The van der Waals surface area contributed by atoms with E-state index < -0.39 is 41.0 Å². The van der Waals surface area contributed by atoms with Crippen molar-refractivity contribution in [2.24, 2.45) is 0 Å². The predicted octanol–water partition coefficient (Wildman–Crippen LogP) is 3.71. The second-order valence-corrected chi connectivity index (χ2v) is 15.7. The van der Waals surface area contributed by atoms with Gasteiger partial charge in [-0.3, -0.25) is 10.0 Å². The van der Waals surface area contributed by atoms with Gasteiger partial charge in [-0.15, -0.1) is 0 Å². The number of hydrogen-bond acceptors (Lipinski definition) is 13. The minimum absolute atomic E-state index is 0.00129. The molecular formula is C38H48N6O8S. The fourth-order valence-electron chi connectivity index (χ4n) is 6.84. The average Bonchev–Trinajstić information content (AvgIpc) is 3.38. The molecule has 0 bridgehead atoms. The second-order valence-electron chi connectivity index (χ2n) is 14.0. The van der Waals surface area contributed by atoms with Gasteiger partial charge >= 0.3 is 0 Å². The Hall–Kier alpha value is -4.35. The van der Waals surface area contributed by atoms with Crippen LogP contribution < -0.4 is 24.8 Å². The van der Waals surface area contributed by atoms with Gasteiger partial charge in [0.15, 0.2) is 0 Å². The zero-order valence-corrected chi connectivity index (χ0v) is 30.8. The van der Waals surface area contributed by atoms with Crippen molar-refractivity contribution in [3.63, 3.8) is 0 Å². The summed E-state index contributed by atoms with van der Waals surface area (Å²) in [7, 11) is -3.48. The molecule has 0 saturated carbocycles. The van der Waals surface area contributed by atoms with Crippen LogP contribution in [0, 0.1) is 0 Å². The maximum atomic E-state index is 11.5. The largest absolute Gasteiger partial charge is 0.494 e. The number of anilines is 2. The van der Waals surface area contributed by atoms with Crippen molar-refractivity contribution in [3.05, 3.63) is 107 Å². The lowest BCUT2D eigenvalue weighted by atomic mass is 9.78. The molecule has 5 unspecified atom stereocenters. The summed E-state index contributed by atoms with van der Waals surface area (Å²) >= 11 is 0. The van der Waals surface area contributed by atoms with Crippen LogP contribution in [-0.2, 0) is 22.0 Å². The first-order valence-electron chi connectivity index (χ1n) is 17.7. The van der Waals surface area contributed by atoms with Crippen LogP contribution in [0.1, 0.15) is 79.9 Å². The molecule has 0 spiro atoms. The standard InChI is InChI=1S/C38H48N6O8S/c1-38(2,25-11-15-28(16-12-25)52-23-26-19-21-40-37(41-26)43-53(3,49)50)24-9-13-27(14-10-24)51-22-5-4-20-39-30-8-6-7-29-33(30)36(48)44(35(29)47)31-17-18-32(45)42-34(31)46/h6-16,19,21,31-32,34-36,39,42,45-48H,4-5,17-18,20,22-23H2,1-3H3,(H,40,41,43). The fourth-order valence-corrected chi connectivity index (χ4v) is 7.27. The number of ether oxygens (including phenoxy) is 2. The van der Waals surface area contributed by atoms with Gasteiger partial charge in [0.1, 0.15) is 43.0 Å². The highest BCUT2D eigenvalue weighted by Gasteiger charge is 2.45. The molecule has 0 amide bonds. The monoisotopic (exact) mass is 748 g/mol. The van der Waals surface area contributed by atoms with Gasteiger partial charge in [-0.1, -0.05) is 50.2 Å². The van der Waals surface area contributed by atoms with E-state index in [1.807, 2.05) is 48.5 Å². The van der Waals surface area contributed by atoms with Crippen LogP contribution >= 0.6 is 0 Å². The van der Waals surface area contributed by atoms with Gasteiger partial charge in [-0.05, 0) is 73.2 Å². The SMILES string of the molecule is CC(C)(c1ccc(OCCCCNc2cccc3c2C(O)N(C2CCC(O)NC2O)C3O)cc1)c1ccc(OCc2ccnc(NS(C)(=O)=O)n2)cc1. The van der Waals surface area contributed by atoms with Gasteiger partial charge in [0, 0.05) is 35.0 Å². The number of unbranched alkanes of at least 4 members (excludes halogenated alkanes) is 1. The van der Waals surface area contributed by atoms with Crippen LogP contribution in [0.3, 0.4) is 0 Å². The topological polar surface area (TPSA) is 199 Å². The van der Waals surface area contributed by atoms with Gasteiger partial charge in [-0.2, -0.15) is 0 Å². The molecule has 7 N–H and O–H groups in total. The van der Waals surface area contributed by atoms with Gasteiger partial charge < -0.3 is 35.2 Å². The van der Waals surface area contributed by atoms with E-state index in [1.165, 1.54) is 11.1 Å². The van der Waals surface area contributed by atoms with Crippen LogP contribution in [0.2, 0.25) is 0 Å². The van der Waals surface area contributed by atoms with Crippen molar-refractivity contribution in [2.75, 3.05) is 29.4 Å². The summed E-state index contributed by atoms with van der Waals surface area (Å²) in [5, 5.41) is 48.6. The average molecular weight is 749 g/mol. The number of aromatic nitrogens is 2. The molecule has 6 rings (SSSR count). The Labute approximate surface area is 309 Å². The highest BCUT2D eigenvalue weighted by atomic mass is 32.2. The Morgan fingerprint density at radius 2 is 1.57 bits per heavy atom. The normalized spacial score (nSPS) is 21.9. The van der Waals surface area contributed by atoms with Gasteiger partial charge in [-0.25, -0.2) is 23.3 Å². The number of fused-ring (bicyclic) bond motifs is 1. The molecule has 53 heavy (non-hydrogen) atoms. The quantitative estimate of drug-likeness (QED) is 0.0870.